The van der Waals surface area contributed by atoms with Gasteiger partial charge in [-0.05, 0) is 36.2 Å². The van der Waals surface area contributed by atoms with Gasteiger partial charge in [0.2, 0.25) is 0 Å². The van der Waals surface area contributed by atoms with Gasteiger partial charge in [0.25, 0.3) is 5.91 Å². The number of nitrogens with one attached hydrogen (secondary N) is 1. The van der Waals surface area contributed by atoms with Gasteiger partial charge in [-0.1, -0.05) is 32.0 Å². The van der Waals surface area contributed by atoms with E-state index in [0.29, 0.717) is 18.0 Å². The minimum Gasteiger partial charge on any atom is -0.330 e. The molecule has 1 amide bonds. The number of carbonyl (C=O) groups is 1. The zero-order valence-electron chi connectivity index (χ0n) is 16.0. The van der Waals surface area contributed by atoms with E-state index in [2.05, 4.69) is 28.7 Å². The van der Waals surface area contributed by atoms with Crippen LogP contribution in [0, 0.1) is 5.92 Å². The number of benzene rings is 2. The highest BCUT2D eigenvalue weighted by molar-refractivity contribution is 6.04. The fourth-order valence-corrected chi connectivity index (χ4v) is 3.28. The highest BCUT2D eigenvalue weighted by Gasteiger charge is 2.14. The van der Waals surface area contributed by atoms with Crippen LogP contribution in [0.4, 0.5) is 5.69 Å². The van der Waals surface area contributed by atoms with Crippen LogP contribution in [-0.2, 0) is 13.1 Å². The first-order valence-corrected chi connectivity index (χ1v) is 9.41. The molecule has 0 unspecified atom stereocenters. The van der Waals surface area contributed by atoms with E-state index in [0.717, 1.165) is 29.1 Å². The van der Waals surface area contributed by atoms with E-state index >= 15 is 0 Å². The number of aromatic nitrogens is 4. The van der Waals surface area contributed by atoms with Crippen molar-refractivity contribution in [2.75, 3.05) is 5.32 Å². The zero-order valence-corrected chi connectivity index (χ0v) is 16.0. The average Bonchev–Trinajstić information content (AvgIpc) is 3.31. The number of hydrogen-bond donors (Lipinski definition) is 1. The minimum absolute atomic E-state index is 0.125. The van der Waals surface area contributed by atoms with Crippen molar-refractivity contribution in [2.24, 2.45) is 5.92 Å². The molecule has 0 saturated carbocycles. The summed E-state index contributed by atoms with van der Waals surface area (Å²) in [5, 5.41) is 2.96. The Morgan fingerprint density at radius 3 is 2.68 bits per heavy atom. The van der Waals surface area contributed by atoms with Crippen LogP contribution in [-0.4, -0.2) is 25.0 Å². The first kappa shape index (κ1) is 18.0. The second-order valence-electron chi connectivity index (χ2n) is 7.29. The molecule has 28 heavy (non-hydrogen) atoms. The lowest BCUT2D eigenvalue weighted by Crippen LogP contribution is -2.12. The summed E-state index contributed by atoms with van der Waals surface area (Å²) < 4.78 is 4.26. The highest BCUT2D eigenvalue weighted by Crippen LogP contribution is 2.23. The molecule has 2 aromatic carbocycles. The molecule has 6 heteroatoms. The molecule has 142 valence electrons. The molecular weight excluding hydrogens is 350 g/mol. The Bertz CT molecular complexity index is 1080. The lowest BCUT2D eigenvalue weighted by molar-refractivity contribution is 0.102. The molecule has 0 atom stereocenters. The molecular formula is C22H23N5O. The molecule has 2 heterocycles. The van der Waals surface area contributed by atoms with Crippen molar-refractivity contribution < 1.29 is 4.79 Å². The van der Waals surface area contributed by atoms with Gasteiger partial charge in [-0.15, -0.1) is 0 Å². The molecule has 0 bridgehead atoms. The third kappa shape index (κ3) is 3.81. The van der Waals surface area contributed by atoms with Crippen LogP contribution in [0.5, 0.6) is 0 Å². The van der Waals surface area contributed by atoms with Crippen molar-refractivity contribution in [3.05, 3.63) is 78.6 Å². The molecule has 0 aliphatic carbocycles. The Labute approximate surface area is 163 Å². The number of amides is 1. The predicted molar refractivity (Wildman–Crippen MR) is 110 cm³/mol. The summed E-state index contributed by atoms with van der Waals surface area (Å²) in [4.78, 5) is 21.4. The van der Waals surface area contributed by atoms with Crippen LogP contribution in [0.15, 0.2) is 67.3 Å². The predicted octanol–water partition coefficient (Wildman–Crippen LogP) is 4.19. The largest absolute Gasteiger partial charge is 0.330 e. The van der Waals surface area contributed by atoms with Gasteiger partial charge in [-0.25, -0.2) is 9.97 Å². The van der Waals surface area contributed by atoms with Gasteiger partial charge in [0, 0.05) is 30.2 Å². The molecule has 1 N–H and O–H groups in total. The van der Waals surface area contributed by atoms with Gasteiger partial charge >= 0.3 is 0 Å². The van der Waals surface area contributed by atoms with E-state index in [4.69, 9.17) is 4.98 Å². The SMILES string of the molecule is CC(C)Cn1c(Cn2ccnc2)nc2cc(NC(=O)c3ccccc3)ccc21. The summed E-state index contributed by atoms with van der Waals surface area (Å²) in [6.45, 7) is 5.94. The maximum atomic E-state index is 12.4. The van der Waals surface area contributed by atoms with E-state index < -0.39 is 0 Å². The van der Waals surface area contributed by atoms with Crippen molar-refractivity contribution in [3.63, 3.8) is 0 Å². The van der Waals surface area contributed by atoms with E-state index in [1.165, 1.54) is 0 Å². The van der Waals surface area contributed by atoms with Gasteiger partial charge in [0.1, 0.15) is 5.82 Å². The van der Waals surface area contributed by atoms with Gasteiger partial charge in [0.15, 0.2) is 0 Å². The summed E-state index contributed by atoms with van der Waals surface area (Å²) in [6.07, 6.45) is 5.50. The Hall–Kier alpha value is -3.41. The van der Waals surface area contributed by atoms with Crippen LogP contribution in [0.2, 0.25) is 0 Å². The van der Waals surface area contributed by atoms with Crippen LogP contribution in [0.3, 0.4) is 0 Å². The van der Waals surface area contributed by atoms with Crippen molar-refractivity contribution >= 4 is 22.6 Å². The second kappa shape index (κ2) is 7.68. The molecule has 0 radical (unpaired) electrons. The van der Waals surface area contributed by atoms with Crippen LogP contribution in [0.25, 0.3) is 11.0 Å². The number of anilines is 1. The number of nitrogens with zero attached hydrogens (tertiary/aromatic N) is 4. The maximum absolute atomic E-state index is 12.4. The zero-order chi connectivity index (χ0) is 19.5. The van der Waals surface area contributed by atoms with Crippen molar-refractivity contribution in [1.82, 2.24) is 19.1 Å². The van der Waals surface area contributed by atoms with Crippen LogP contribution in [0.1, 0.15) is 30.0 Å². The van der Waals surface area contributed by atoms with Gasteiger partial charge < -0.3 is 14.5 Å². The van der Waals surface area contributed by atoms with Crippen LogP contribution >= 0.6 is 0 Å². The van der Waals surface area contributed by atoms with Crippen molar-refractivity contribution in [1.29, 1.82) is 0 Å². The van der Waals surface area contributed by atoms with Crippen LogP contribution < -0.4 is 5.32 Å². The van der Waals surface area contributed by atoms with E-state index in [9.17, 15) is 4.79 Å². The first-order chi connectivity index (χ1) is 13.6. The average molecular weight is 373 g/mol. The molecule has 4 aromatic rings. The van der Waals surface area contributed by atoms with Gasteiger partial charge in [-0.3, -0.25) is 4.79 Å². The Morgan fingerprint density at radius 1 is 1.14 bits per heavy atom. The topological polar surface area (TPSA) is 64.7 Å². The van der Waals surface area contributed by atoms with Crippen molar-refractivity contribution in [2.45, 2.75) is 26.9 Å². The Morgan fingerprint density at radius 2 is 1.96 bits per heavy atom. The maximum Gasteiger partial charge on any atom is 0.255 e. The second-order valence-corrected chi connectivity index (χ2v) is 7.29. The third-order valence-corrected chi connectivity index (χ3v) is 4.55. The van der Waals surface area contributed by atoms with Gasteiger partial charge in [-0.2, -0.15) is 0 Å². The normalized spacial score (nSPS) is 11.2. The number of imidazole rings is 2. The molecule has 2 aromatic heterocycles. The summed E-state index contributed by atoms with van der Waals surface area (Å²) in [6, 6.07) is 15.1. The minimum atomic E-state index is -0.125. The quantitative estimate of drug-likeness (QED) is 0.551. The summed E-state index contributed by atoms with van der Waals surface area (Å²) in [7, 11) is 0. The smallest absolute Gasteiger partial charge is 0.255 e. The number of fused-ring (bicyclic) bond motifs is 1. The number of carbonyl (C=O) groups excluding carboxylic acids is 1. The summed E-state index contributed by atoms with van der Waals surface area (Å²) in [5.74, 6) is 1.35. The fourth-order valence-electron chi connectivity index (χ4n) is 3.28. The molecule has 0 aliphatic heterocycles. The molecule has 0 spiro atoms. The summed E-state index contributed by atoms with van der Waals surface area (Å²) in [5.41, 5.74) is 3.32. The molecule has 4 rings (SSSR count). The molecule has 6 nitrogen and oxygen atoms in total. The Kier molecular flexibility index (Phi) is 4.93. The van der Waals surface area contributed by atoms with Crippen molar-refractivity contribution in [3.8, 4) is 0 Å². The van der Waals surface area contributed by atoms with E-state index in [1.807, 2.05) is 47.2 Å². The van der Waals surface area contributed by atoms with E-state index in [1.54, 1.807) is 24.7 Å². The molecule has 0 saturated heterocycles. The standard InChI is InChI=1S/C22H23N5O/c1-16(2)13-27-20-9-8-18(24-22(28)17-6-4-3-5-7-17)12-19(20)25-21(27)14-26-11-10-23-15-26/h3-12,15-16H,13-14H2,1-2H3,(H,24,28). The molecule has 0 aliphatic rings. The number of rotatable bonds is 6. The van der Waals surface area contributed by atoms with Gasteiger partial charge in [0.05, 0.1) is 23.9 Å². The monoisotopic (exact) mass is 373 g/mol. The fraction of sp³-hybridized carbons (Fsp3) is 0.227. The first-order valence-electron chi connectivity index (χ1n) is 9.41. The number of hydrogen-bond acceptors (Lipinski definition) is 3. The summed E-state index contributed by atoms with van der Waals surface area (Å²) >= 11 is 0. The van der Waals surface area contributed by atoms with E-state index in [-0.39, 0.29) is 5.91 Å². The molecule has 0 fully saturated rings. The Balaban J connectivity index is 1.66. The lowest BCUT2D eigenvalue weighted by atomic mass is 10.2. The third-order valence-electron chi connectivity index (χ3n) is 4.55. The lowest BCUT2D eigenvalue weighted by Gasteiger charge is -2.12. The highest BCUT2D eigenvalue weighted by atomic mass is 16.1.